The summed E-state index contributed by atoms with van der Waals surface area (Å²) in [5.41, 5.74) is 1.90. The quantitative estimate of drug-likeness (QED) is 0.540. The Labute approximate surface area is 202 Å². The molecule has 1 aliphatic carbocycles. The van der Waals surface area contributed by atoms with E-state index in [-0.39, 0.29) is 5.82 Å². The standard InChI is InChI=1S/C25H29F2N7O/c1-15(2)34-7-5-18(6-8-34)30-23-14-28-13-21(32-23)19-4-3-16-12-29-22(9-20(16)31-19)33-24(35)17-10-25(26,27)11-17/h3-4,9,12-15,17-18H,5-8,10-11H2,1-2H3,(H,30,32)(H,29,33,35). The number of pyridine rings is 2. The molecule has 2 N–H and O–H groups in total. The minimum Gasteiger partial charge on any atom is -0.366 e. The van der Waals surface area contributed by atoms with Gasteiger partial charge >= 0.3 is 0 Å². The van der Waals surface area contributed by atoms with E-state index >= 15 is 0 Å². The van der Waals surface area contributed by atoms with Crippen LogP contribution in [0.25, 0.3) is 22.3 Å². The monoisotopic (exact) mass is 481 g/mol. The molecule has 0 atom stereocenters. The van der Waals surface area contributed by atoms with Crippen molar-refractivity contribution in [3.8, 4) is 11.4 Å². The van der Waals surface area contributed by atoms with Crippen molar-refractivity contribution < 1.29 is 13.6 Å². The molecule has 2 aliphatic rings. The Morgan fingerprint density at radius 2 is 1.83 bits per heavy atom. The van der Waals surface area contributed by atoms with E-state index in [0.29, 0.717) is 34.8 Å². The molecule has 0 radical (unpaired) electrons. The van der Waals surface area contributed by atoms with Crippen LogP contribution in [0.2, 0.25) is 0 Å². The normalized spacial score (nSPS) is 19.0. The largest absolute Gasteiger partial charge is 0.366 e. The van der Waals surface area contributed by atoms with Gasteiger partial charge in [0.05, 0.1) is 23.6 Å². The van der Waals surface area contributed by atoms with Crippen LogP contribution in [0.4, 0.5) is 20.4 Å². The van der Waals surface area contributed by atoms with Crippen molar-refractivity contribution in [3.05, 3.63) is 36.8 Å². The van der Waals surface area contributed by atoms with E-state index < -0.39 is 30.6 Å². The van der Waals surface area contributed by atoms with Crippen LogP contribution in [0.5, 0.6) is 0 Å². The van der Waals surface area contributed by atoms with Crippen LogP contribution in [0.15, 0.2) is 36.8 Å². The Bertz CT molecular complexity index is 1220. The number of alkyl halides is 2. The number of hydrogen-bond donors (Lipinski definition) is 2. The lowest BCUT2D eigenvalue weighted by molar-refractivity contribution is -0.145. The van der Waals surface area contributed by atoms with Crippen LogP contribution in [-0.4, -0.2) is 61.8 Å². The van der Waals surface area contributed by atoms with E-state index in [1.54, 1.807) is 24.7 Å². The zero-order valence-corrected chi connectivity index (χ0v) is 19.8. The zero-order valence-electron chi connectivity index (χ0n) is 19.8. The van der Waals surface area contributed by atoms with Crippen molar-refractivity contribution >= 4 is 28.4 Å². The van der Waals surface area contributed by atoms with E-state index in [4.69, 9.17) is 4.98 Å². The molecule has 1 saturated carbocycles. The molecular weight excluding hydrogens is 452 g/mol. The summed E-state index contributed by atoms with van der Waals surface area (Å²) in [5, 5.41) is 6.93. The summed E-state index contributed by atoms with van der Waals surface area (Å²) in [6.07, 6.45) is 6.26. The van der Waals surface area contributed by atoms with Gasteiger partial charge in [0, 0.05) is 61.6 Å². The molecule has 10 heteroatoms. The van der Waals surface area contributed by atoms with Crippen molar-refractivity contribution in [2.75, 3.05) is 23.7 Å². The highest BCUT2D eigenvalue weighted by atomic mass is 19.3. The maximum Gasteiger partial charge on any atom is 0.249 e. The van der Waals surface area contributed by atoms with Gasteiger partial charge in [0.15, 0.2) is 0 Å². The molecule has 1 aliphatic heterocycles. The summed E-state index contributed by atoms with van der Waals surface area (Å²) in [4.78, 5) is 32.7. The molecule has 5 rings (SSSR count). The van der Waals surface area contributed by atoms with Gasteiger partial charge in [-0.05, 0) is 38.8 Å². The average Bonchev–Trinajstić information content (AvgIpc) is 2.82. The van der Waals surface area contributed by atoms with Crippen LogP contribution in [0.1, 0.15) is 39.5 Å². The number of amides is 1. The molecule has 3 aromatic heterocycles. The molecular formula is C25H29F2N7O. The maximum atomic E-state index is 13.1. The second-order valence-electron chi connectivity index (χ2n) is 9.75. The van der Waals surface area contributed by atoms with Crippen LogP contribution >= 0.6 is 0 Å². The van der Waals surface area contributed by atoms with E-state index in [9.17, 15) is 13.6 Å². The van der Waals surface area contributed by atoms with Gasteiger partial charge in [-0.3, -0.25) is 9.78 Å². The topological polar surface area (TPSA) is 95.9 Å². The van der Waals surface area contributed by atoms with Gasteiger partial charge in [-0.2, -0.15) is 0 Å². The molecule has 8 nitrogen and oxygen atoms in total. The number of aromatic nitrogens is 4. The number of hydrogen-bond acceptors (Lipinski definition) is 7. The number of halogens is 2. The first-order chi connectivity index (χ1) is 16.8. The number of nitrogens with one attached hydrogen (secondary N) is 2. The number of piperidine rings is 1. The highest BCUT2D eigenvalue weighted by molar-refractivity contribution is 5.94. The minimum absolute atomic E-state index is 0.289. The number of carbonyl (C=O) groups excluding carboxylic acids is 1. The summed E-state index contributed by atoms with van der Waals surface area (Å²) < 4.78 is 26.2. The lowest BCUT2D eigenvalue weighted by atomic mass is 9.81. The highest BCUT2D eigenvalue weighted by Gasteiger charge is 2.48. The minimum atomic E-state index is -2.74. The van der Waals surface area contributed by atoms with Gasteiger partial charge in [0.25, 0.3) is 0 Å². The Hall–Kier alpha value is -3.27. The van der Waals surface area contributed by atoms with Crippen molar-refractivity contribution in [1.29, 1.82) is 0 Å². The molecule has 4 heterocycles. The van der Waals surface area contributed by atoms with E-state index in [0.717, 1.165) is 31.3 Å². The highest BCUT2D eigenvalue weighted by Crippen LogP contribution is 2.42. The molecule has 3 aromatic rings. The van der Waals surface area contributed by atoms with Crippen molar-refractivity contribution in [2.24, 2.45) is 5.92 Å². The Morgan fingerprint density at radius 3 is 2.54 bits per heavy atom. The molecule has 1 amide bonds. The van der Waals surface area contributed by atoms with Crippen LogP contribution in [0, 0.1) is 5.92 Å². The van der Waals surface area contributed by atoms with Gasteiger partial charge in [-0.1, -0.05) is 0 Å². The third-order valence-electron chi connectivity index (χ3n) is 6.79. The first-order valence-electron chi connectivity index (χ1n) is 12.0. The molecule has 35 heavy (non-hydrogen) atoms. The number of rotatable bonds is 6. The van der Waals surface area contributed by atoms with Crippen molar-refractivity contribution in [3.63, 3.8) is 0 Å². The van der Waals surface area contributed by atoms with Gasteiger partial charge in [0.1, 0.15) is 17.3 Å². The predicted molar refractivity (Wildman–Crippen MR) is 130 cm³/mol. The van der Waals surface area contributed by atoms with Gasteiger partial charge in [-0.15, -0.1) is 0 Å². The van der Waals surface area contributed by atoms with Gasteiger partial charge in [0.2, 0.25) is 11.8 Å². The second-order valence-corrected chi connectivity index (χ2v) is 9.75. The Morgan fingerprint density at radius 1 is 1.06 bits per heavy atom. The average molecular weight is 482 g/mol. The Kier molecular flexibility index (Phi) is 6.31. The fraction of sp³-hybridized carbons (Fsp3) is 0.480. The number of nitrogens with zero attached hydrogens (tertiary/aromatic N) is 5. The summed E-state index contributed by atoms with van der Waals surface area (Å²) in [5.74, 6) is -2.87. The molecule has 0 unspecified atom stereocenters. The fourth-order valence-corrected chi connectivity index (χ4v) is 4.63. The molecule has 0 spiro atoms. The van der Waals surface area contributed by atoms with Crippen LogP contribution in [-0.2, 0) is 4.79 Å². The second kappa shape index (κ2) is 9.41. The zero-order chi connectivity index (χ0) is 24.6. The number of anilines is 2. The SMILES string of the molecule is CC(C)N1CCC(Nc2cncc(-c3ccc4cnc(NC(=O)C5CC(F)(F)C5)cc4n3)n2)CC1. The van der Waals surface area contributed by atoms with Gasteiger partial charge < -0.3 is 15.5 Å². The Balaban J connectivity index is 1.28. The number of fused-ring (bicyclic) bond motifs is 1. The van der Waals surface area contributed by atoms with Gasteiger partial charge in [-0.25, -0.2) is 23.7 Å². The molecule has 2 fully saturated rings. The summed E-state index contributed by atoms with van der Waals surface area (Å²) in [6.45, 7) is 6.57. The van der Waals surface area contributed by atoms with Crippen molar-refractivity contribution in [1.82, 2.24) is 24.8 Å². The summed E-state index contributed by atoms with van der Waals surface area (Å²) in [7, 11) is 0. The van der Waals surface area contributed by atoms with Crippen LogP contribution in [0.3, 0.4) is 0 Å². The predicted octanol–water partition coefficient (Wildman–Crippen LogP) is 4.36. The molecule has 1 saturated heterocycles. The third-order valence-corrected chi connectivity index (χ3v) is 6.79. The van der Waals surface area contributed by atoms with E-state index in [2.05, 4.69) is 44.3 Å². The lowest BCUT2D eigenvalue weighted by Gasteiger charge is -2.35. The number of likely N-dealkylation sites (tertiary alicyclic amines) is 1. The first kappa shape index (κ1) is 23.5. The molecule has 184 valence electrons. The summed E-state index contributed by atoms with van der Waals surface area (Å²) >= 11 is 0. The maximum absolute atomic E-state index is 13.1. The lowest BCUT2D eigenvalue weighted by Crippen LogP contribution is -2.42. The van der Waals surface area contributed by atoms with Crippen LogP contribution < -0.4 is 10.6 Å². The molecule has 0 bridgehead atoms. The molecule has 0 aromatic carbocycles. The van der Waals surface area contributed by atoms with E-state index in [1.165, 1.54) is 0 Å². The van der Waals surface area contributed by atoms with Crippen molar-refractivity contribution in [2.45, 2.75) is 57.5 Å². The fourth-order valence-electron chi connectivity index (χ4n) is 4.63. The summed E-state index contributed by atoms with van der Waals surface area (Å²) in [6, 6.07) is 6.29. The number of carbonyl (C=O) groups is 1. The third kappa shape index (κ3) is 5.37. The van der Waals surface area contributed by atoms with E-state index in [1.807, 2.05) is 12.1 Å². The first-order valence-corrected chi connectivity index (χ1v) is 12.0. The smallest absolute Gasteiger partial charge is 0.249 e.